The molecule has 7 heteroatoms. The molecule has 3 rings (SSSR count). The average molecular weight is 414 g/mol. The van der Waals surface area contributed by atoms with Crippen molar-refractivity contribution >= 4 is 35.0 Å². The second-order valence-electron chi connectivity index (χ2n) is 6.24. The number of benzene rings is 2. The Balaban J connectivity index is 1.60. The number of aromatic amines is 1. The van der Waals surface area contributed by atoms with E-state index in [1.165, 1.54) is 11.8 Å². The highest BCUT2D eigenvalue weighted by Gasteiger charge is 2.12. The first-order valence-electron chi connectivity index (χ1n) is 8.84. The molecule has 0 bridgehead atoms. The first-order chi connectivity index (χ1) is 13.5. The van der Waals surface area contributed by atoms with E-state index in [1.54, 1.807) is 31.2 Å². The van der Waals surface area contributed by atoms with Crippen LogP contribution in [0.1, 0.15) is 23.2 Å². The summed E-state index contributed by atoms with van der Waals surface area (Å²) < 4.78 is 0. The summed E-state index contributed by atoms with van der Waals surface area (Å²) in [6, 6.07) is 17.0. The lowest BCUT2D eigenvalue weighted by molar-refractivity contribution is -0.116. The van der Waals surface area contributed by atoms with Crippen LogP contribution in [0.5, 0.6) is 0 Å². The molecular formula is C21H20ClN3O2S. The first kappa shape index (κ1) is 20.2. The fraction of sp³-hybridized carbons (Fsp3) is 0.190. The summed E-state index contributed by atoms with van der Waals surface area (Å²) in [4.78, 5) is 31.9. The van der Waals surface area contributed by atoms with Gasteiger partial charge >= 0.3 is 0 Å². The van der Waals surface area contributed by atoms with Gasteiger partial charge in [-0.25, -0.2) is 4.98 Å². The maximum atomic E-state index is 12.4. The number of rotatable bonds is 7. The standard InChI is InChI=1S/C21H20ClN3O2S/c1-14-16(11-12-19(26)24-18-10-6-5-9-17(18)22)20(27)25-21(23-14)28-13-15-7-3-2-4-8-15/h2-10H,11-13H2,1H3,(H,24,26)(H,23,25,27). The molecule has 1 amide bonds. The van der Waals surface area contributed by atoms with Crippen molar-refractivity contribution in [2.45, 2.75) is 30.7 Å². The SMILES string of the molecule is Cc1nc(SCc2ccccc2)[nH]c(=O)c1CCC(=O)Nc1ccccc1Cl. The van der Waals surface area contributed by atoms with Gasteiger partial charge in [-0.05, 0) is 31.0 Å². The Bertz CT molecular complexity index is 1020. The van der Waals surface area contributed by atoms with Gasteiger partial charge in [0.1, 0.15) is 0 Å². The van der Waals surface area contributed by atoms with Crippen molar-refractivity contribution in [2.75, 3.05) is 5.32 Å². The van der Waals surface area contributed by atoms with E-state index in [-0.39, 0.29) is 17.9 Å². The Morgan fingerprint density at radius 1 is 1.14 bits per heavy atom. The summed E-state index contributed by atoms with van der Waals surface area (Å²) >= 11 is 7.52. The van der Waals surface area contributed by atoms with Crippen LogP contribution in [0.2, 0.25) is 5.02 Å². The molecule has 2 aromatic carbocycles. The number of nitrogens with one attached hydrogen (secondary N) is 2. The van der Waals surface area contributed by atoms with Crippen LogP contribution < -0.4 is 10.9 Å². The van der Waals surface area contributed by atoms with Crippen molar-refractivity contribution in [2.24, 2.45) is 0 Å². The van der Waals surface area contributed by atoms with Crippen molar-refractivity contribution in [1.82, 2.24) is 9.97 Å². The number of para-hydroxylation sites is 1. The molecule has 1 aromatic heterocycles. The summed E-state index contributed by atoms with van der Waals surface area (Å²) in [5, 5.41) is 3.82. The van der Waals surface area contributed by atoms with E-state index < -0.39 is 0 Å². The van der Waals surface area contributed by atoms with Crippen molar-refractivity contribution in [3.63, 3.8) is 0 Å². The molecule has 0 aliphatic rings. The number of carbonyl (C=O) groups is 1. The molecule has 0 spiro atoms. The van der Waals surface area contributed by atoms with Crippen LogP contribution in [0.25, 0.3) is 0 Å². The van der Waals surface area contributed by atoms with E-state index in [0.717, 1.165) is 11.3 Å². The van der Waals surface area contributed by atoms with Crippen LogP contribution in [0.15, 0.2) is 64.5 Å². The lowest BCUT2D eigenvalue weighted by atomic mass is 10.1. The van der Waals surface area contributed by atoms with E-state index in [2.05, 4.69) is 15.3 Å². The fourth-order valence-electron chi connectivity index (χ4n) is 2.69. The molecule has 0 aliphatic carbocycles. The highest BCUT2D eigenvalue weighted by atomic mass is 35.5. The Morgan fingerprint density at radius 3 is 2.57 bits per heavy atom. The van der Waals surface area contributed by atoms with Gasteiger partial charge in [0.25, 0.3) is 5.56 Å². The number of amides is 1. The molecule has 3 aromatic rings. The smallest absolute Gasteiger partial charge is 0.254 e. The number of aryl methyl sites for hydroxylation is 1. The Morgan fingerprint density at radius 2 is 1.86 bits per heavy atom. The van der Waals surface area contributed by atoms with Gasteiger partial charge in [-0.2, -0.15) is 0 Å². The molecule has 2 N–H and O–H groups in total. The highest BCUT2D eigenvalue weighted by Crippen LogP contribution is 2.21. The molecule has 0 aliphatic heterocycles. The van der Waals surface area contributed by atoms with Gasteiger partial charge in [-0.3, -0.25) is 9.59 Å². The maximum Gasteiger partial charge on any atom is 0.254 e. The lowest BCUT2D eigenvalue weighted by Gasteiger charge is -2.09. The number of thioether (sulfide) groups is 1. The van der Waals surface area contributed by atoms with Gasteiger partial charge in [0.2, 0.25) is 5.91 Å². The van der Waals surface area contributed by atoms with Gasteiger partial charge < -0.3 is 10.3 Å². The minimum absolute atomic E-state index is 0.174. The van der Waals surface area contributed by atoms with E-state index >= 15 is 0 Å². The molecule has 144 valence electrons. The molecule has 28 heavy (non-hydrogen) atoms. The van der Waals surface area contributed by atoms with Crippen LogP contribution in [-0.4, -0.2) is 15.9 Å². The van der Waals surface area contributed by atoms with Crippen LogP contribution in [0, 0.1) is 6.92 Å². The number of hydrogen-bond acceptors (Lipinski definition) is 4. The molecule has 5 nitrogen and oxygen atoms in total. The van der Waals surface area contributed by atoms with Gasteiger partial charge in [0.05, 0.1) is 10.7 Å². The average Bonchev–Trinajstić information content (AvgIpc) is 2.68. The summed E-state index contributed by atoms with van der Waals surface area (Å²) in [5.74, 6) is 0.525. The van der Waals surface area contributed by atoms with E-state index in [9.17, 15) is 9.59 Å². The van der Waals surface area contributed by atoms with Gasteiger partial charge in [0, 0.05) is 23.4 Å². The second kappa shape index (κ2) is 9.57. The zero-order valence-electron chi connectivity index (χ0n) is 15.4. The van der Waals surface area contributed by atoms with Crippen molar-refractivity contribution in [3.05, 3.63) is 86.8 Å². The number of nitrogens with zero attached hydrogens (tertiary/aromatic N) is 1. The number of halogens is 1. The Labute approximate surface area is 172 Å². The predicted molar refractivity (Wildman–Crippen MR) is 114 cm³/mol. The quantitative estimate of drug-likeness (QED) is 0.438. The normalized spacial score (nSPS) is 10.6. The van der Waals surface area contributed by atoms with Crippen LogP contribution in [0.3, 0.4) is 0 Å². The second-order valence-corrected chi connectivity index (χ2v) is 7.61. The van der Waals surface area contributed by atoms with Crippen molar-refractivity contribution in [1.29, 1.82) is 0 Å². The highest BCUT2D eigenvalue weighted by molar-refractivity contribution is 7.98. The summed E-state index contributed by atoms with van der Waals surface area (Å²) in [6.45, 7) is 1.79. The van der Waals surface area contributed by atoms with E-state index in [1.807, 2.05) is 30.3 Å². The number of H-pyrrole nitrogens is 1. The molecule has 0 unspecified atom stereocenters. The minimum Gasteiger partial charge on any atom is -0.325 e. The zero-order chi connectivity index (χ0) is 19.9. The van der Waals surface area contributed by atoms with Crippen molar-refractivity contribution < 1.29 is 4.79 Å². The molecule has 0 saturated heterocycles. The molecule has 0 saturated carbocycles. The third kappa shape index (κ3) is 5.47. The Hall–Kier alpha value is -2.57. The molecule has 1 heterocycles. The largest absolute Gasteiger partial charge is 0.325 e. The summed E-state index contributed by atoms with van der Waals surface area (Å²) in [5.41, 5.74) is 2.69. The van der Waals surface area contributed by atoms with Gasteiger partial charge in [-0.15, -0.1) is 0 Å². The van der Waals surface area contributed by atoms with Crippen LogP contribution in [0.4, 0.5) is 5.69 Å². The topological polar surface area (TPSA) is 74.8 Å². The van der Waals surface area contributed by atoms with Crippen LogP contribution >= 0.6 is 23.4 Å². The minimum atomic E-state index is -0.200. The Kier molecular flexibility index (Phi) is 6.90. The third-order valence-corrected chi connectivity index (χ3v) is 5.44. The summed E-state index contributed by atoms with van der Waals surface area (Å²) in [7, 11) is 0. The monoisotopic (exact) mass is 413 g/mol. The number of hydrogen-bond donors (Lipinski definition) is 2. The summed E-state index contributed by atoms with van der Waals surface area (Å²) in [6.07, 6.45) is 0.488. The maximum absolute atomic E-state index is 12.4. The number of aromatic nitrogens is 2. The molecule has 0 fully saturated rings. The molecule has 0 radical (unpaired) electrons. The van der Waals surface area contributed by atoms with Crippen molar-refractivity contribution in [3.8, 4) is 0 Å². The molecular weight excluding hydrogens is 394 g/mol. The lowest BCUT2D eigenvalue weighted by Crippen LogP contribution is -2.20. The zero-order valence-corrected chi connectivity index (χ0v) is 16.9. The van der Waals surface area contributed by atoms with E-state index in [0.29, 0.717) is 33.5 Å². The predicted octanol–water partition coefficient (Wildman–Crippen LogP) is 4.60. The fourth-order valence-corrected chi connectivity index (χ4v) is 3.73. The number of anilines is 1. The van der Waals surface area contributed by atoms with E-state index in [4.69, 9.17) is 11.6 Å². The third-order valence-electron chi connectivity index (χ3n) is 4.17. The van der Waals surface area contributed by atoms with Crippen LogP contribution in [-0.2, 0) is 17.0 Å². The van der Waals surface area contributed by atoms with Gasteiger partial charge in [0.15, 0.2) is 5.16 Å². The molecule has 0 atom stereocenters. The first-order valence-corrected chi connectivity index (χ1v) is 10.2. The number of carbonyl (C=O) groups excluding carboxylic acids is 1. The van der Waals surface area contributed by atoms with Gasteiger partial charge in [-0.1, -0.05) is 65.8 Å².